The molecule has 23 heavy (non-hydrogen) atoms. The predicted octanol–water partition coefficient (Wildman–Crippen LogP) is 1.82. The Labute approximate surface area is 135 Å². The highest BCUT2D eigenvalue weighted by Gasteiger charge is 2.24. The van der Waals surface area contributed by atoms with Crippen LogP contribution in [0, 0.1) is 12.8 Å². The fraction of sp³-hybridized carbons (Fsp3) is 0.471. The molecular weight excluding hydrogens is 294 g/mol. The van der Waals surface area contributed by atoms with Crippen LogP contribution in [0.4, 0.5) is 0 Å². The molecule has 1 unspecified atom stereocenters. The van der Waals surface area contributed by atoms with Gasteiger partial charge in [0.1, 0.15) is 6.42 Å². The molecule has 1 aromatic heterocycles. The third-order valence-corrected chi connectivity index (χ3v) is 4.29. The van der Waals surface area contributed by atoms with Crippen LogP contribution in [0.1, 0.15) is 24.3 Å². The largest absolute Gasteiger partial charge is 0.396 e. The molecule has 6 heteroatoms. The molecule has 0 radical (unpaired) electrons. The van der Waals surface area contributed by atoms with Crippen LogP contribution in [0.25, 0.3) is 11.4 Å². The molecule has 3 rings (SSSR count). The summed E-state index contributed by atoms with van der Waals surface area (Å²) in [6, 6.07) is 7.80. The smallest absolute Gasteiger partial charge is 0.236 e. The maximum atomic E-state index is 12.4. The van der Waals surface area contributed by atoms with Crippen LogP contribution < -0.4 is 0 Å². The van der Waals surface area contributed by atoms with Crippen molar-refractivity contribution in [1.29, 1.82) is 0 Å². The molecule has 0 aliphatic carbocycles. The van der Waals surface area contributed by atoms with Gasteiger partial charge in [-0.2, -0.15) is 4.98 Å². The molecular formula is C17H21N3O3. The lowest BCUT2D eigenvalue weighted by Gasteiger charge is -2.31. The van der Waals surface area contributed by atoms with Crippen LogP contribution in [-0.2, 0) is 11.2 Å². The van der Waals surface area contributed by atoms with Crippen LogP contribution in [0.2, 0.25) is 0 Å². The molecule has 2 heterocycles. The zero-order valence-corrected chi connectivity index (χ0v) is 13.2. The molecule has 6 nitrogen and oxygen atoms in total. The number of aliphatic hydroxyl groups is 1. The van der Waals surface area contributed by atoms with E-state index in [1.165, 1.54) is 0 Å². The van der Waals surface area contributed by atoms with E-state index in [-0.39, 0.29) is 24.9 Å². The van der Waals surface area contributed by atoms with Crippen LogP contribution >= 0.6 is 0 Å². The maximum Gasteiger partial charge on any atom is 0.236 e. The molecule has 1 amide bonds. The summed E-state index contributed by atoms with van der Waals surface area (Å²) < 4.78 is 5.23. The van der Waals surface area contributed by atoms with Crippen LogP contribution in [0.5, 0.6) is 0 Å². The Kier molecular flexibility index (Phi) is 4.71. The number of likely N-dealkylation sites (tertiary alicyclic amines) is 1. The van der Waals surface area contributed by atoms with E-state index in [1.807, 2.05) is 31.2 Å². The Morgan fingerprint density at radius 2 is 2.26 bits per heavy atom. The standard InChI is InChI=1S/C17H21N3O3/c1-12-5-2-3-7-14(12)17-18-15(23-19-17)9-16(22)20-8-4-6-13(10-20)11-21/h2-3,5,7,13,21H,4,6,8-11H2,1H3. The molecule has 1 saturated heterocycles. The van der Waals surface area contributed by atoms with Crippen molar-refractivity contribution in [3.8, 4) is 11.4 Å². The van der Waals surface area contributed by atoms with Gasteiger partial charge in [0, 0.05) is 25.3 Å². The third kappa shape index (κ3) is 3.59. The summed E-state index contributed by atoms with van der Waals surface area (Å²) in [5.74, 6) is 0.998. The van der Waals surface area contributed by atoms with Gasteiger partial charge in [0.15, 0.2) is 0 Å². The van der Waals surface area contributed by atoms with Crippen molar-refractivity contribution in [1.82, 2.24) is 15.0 Å². The van der Waals surface area contributed by atoms with E-state index in [4.69, 9.17) is 4.52 Å². The molecule has 1 atom stereocenters. The number of hydrogen-bond donors (Lipinski definition) is 1. The number of aromatic nitrogens is 2. The second kappa shape index (κ2) is 6.91. The van der Waals surface area contributed by atoms with E-state index in [1.54, 1.807) is 4.90 Å². The number of benzene rings is 1. The maximum absolute atomic E-state index is 12.4. The minimum atomic E-state index is -0.0249. The second-order valence-electron chi connectivity index (χ2n) is 6.03. The first kappa shape index (κ1) is 15.7. The first-order chi connectivity index (χ1) is 11.2. The first-order valence-electron chi connectivity index (χ1n) is 7.94. The molecule has 2 aromatic rings. The number of carbonyl (C=O) groups excluding carboxylic acids is 1. The quantitative estimate of drug-likeness (QED) is 0.931. The highest BCUT2D eigenvalue weighted by Crippen LogP contribution is 2.21. The van der Waals surface area contributed by atoms with Gasteiger partial charge in [-0.15, -0.1) is 0 Å². The minimum Gasteiger partial charge on any atom is -0.396 e. The number of rotatable bonds is 4. The van der Waals surface area contributed by atoms with Crippen molar-refractivity contribution in [2.24, 2.45) is 5.92 Å². The normalized spacial score (nSPS) is 18.2. The Morgan fingerprint density at radius 3 is 3.04 bits per heavy atom. The number of aryl methyl sites for hydroxylation is 1. The zero-order valence-electron chi connectivity index (χ0n) is 13.2. The fourth-order valence-corrected chi connectivity index (χ4v) is 2.94. The van der Waals surface area contributed by atoms with E-state index in [9.17, 15) is 9.90 Å². The number of aliphatic hydroxyl groups excluding tert-OH is 1. The lowest BCUT2D eigenvalue weighted by molar-refractivity contribution is -0.132. The van der Waals surface area contributed by atoms with Gasteiger partial charge in [-0.05, 0) is 31.2 Å². The fourth-order valence-electron chi connectivity index (χ4n) is 2.94. The molecule has 1 aliphatic rings. The average Bonchev–Trinajstić information content (AvgIpc) is 3.03. The zero-order chi connectivity index (χ0) is 16.2. The van der Waals surface area contributed by atoms with E-state index in [0.717, 1.165) is 30.5 Å². The Bertz CT molecular complexity index is 683. The molecule has 1 N–H and O–H groups in total. The van der Waals surface area contributed by atoms with Gasteiger partial charge in [0.2, 0.25) is 17.6 Å². The third-order valence-electron chi connectivity index (χ3n) is 4.29. The highest BCUT2D eigenvalue weighted by molar-refractivity contribution is 5.78. The summed E-state index contributed by atoms with van der Waals surface area (Å²) in [6.45, 7) is 3.45. The van der Waals surface area contributed by atoms with Crippen LogP contribution in [-0.4, -0.2) is 45.8 Å². The van der Waals surface area contributed by atoms with Gasteiger partial charge in [0.05, 0.1) is 0 Å². The van der Waals surface area contributed by atoms with Gasteiger partial charge in [-0.1, -0.05) is 29.4 Å². The van der Waals surface area contributed by atoms with E-state index < -0.39 is 0 Å². The number of nitrogens with zero attached hydrogens (tertiary/aromatic N) is 3. The minimum absolute atomic E-state index is 0.0249. The molecule has 0 spiro atoms. The monoisotopic (exact) mass is 315 g/mol. The van der Waals surface area contributed by atoms with Crippen molar-refractivity contribution in [3.05, 3.63) is 35.7 Å². The highest BCUT2D eigenvalue weighted by atomic mass is 16.5. The van der Waals surface area contributed by atoms with Crippen LogP contribution in [0.15, 0.2) is 28.8 Å². The Morgan fingerprint density at radius 1 is 1.43 bits per heavy atom. The van der Waals surface area contributed by atoms with Gasteiger partial charge in [-0.3, -0.25) is 4.79 Å². The predicted molar refractivity (Wildman–Crippen MR) is 84.6 cm³/mol. The van der Waals surface area contributed by atoms with Crippen LogP contribution in [0.3, 0.4) is 0 Å². The van der Waals surface area contributed by atoms with Crippen molar-refractivity contribution in [2.45, 2.75) is 26.2 Å². The summed E-state index contributed by atoms with van der Waals surface area (Å²) in [5.41, 5.74) is 1.97. The Hall–Kier alpha value is -2.21. The summed E-state index contributed by atoms with van der Waals surface area (Å²) in [7, 11) is 0. The van der Waals surface area contributed by atoms with E-state index in [0.29, 0.717) is 18.3 Å². The first-order valence-corrected chi connectivity index (χ1v) is 7.94. The number of hydrogen-bond acceptors (Lipinski definition) is 5. The van der Waals surface area contributed by atoms with Gasteiger partial charge in [-0.25, -0.2) is 0 Å². The number of amides is 1. The van der Waals surface area contributed by atoms with Crippen molar-refractivity contribution in [3.63, 3.8) is 0 Å². The van der Waals surface area contributed by atoms with E-state index >= 15 is 0 Å². The van der Waals surface area contributed by atoms with Crippen molar-refractivity contribution in [2.75, 3.05) is 19.7 Å². The topological polar surface area (TPSA) is 79.5 Å². The molecule has 0 bridgehead atoms. The van der Waals surface area contributed by atoms with Gasteiger partial charge >= 0.3 is 0 Å². The van der Waals surface area contributed by atoms with Crippen molar-refractivity contribution < 1.29 is 14.4 Å². The van der Waals surface area contributed by atoms with Gasteiger partial charge in [0.25, 0.3) is 0 Å². The molecule has 1 aliphatic heterocycles. The lowest BCUT2D eigenvalue weighted by Crippen LogP contribution is -2.41. The second-order valence-corrected chi connectivity index (χ2v) is 6.03. The summed E-state index contributed by atoms with van der Waals surface area (Å²) in [4.78, 5) is 18.5. The number of carbonyl (C=O) groups is 1. The Balaban J connectivity index is 1.67. The SMILES string of the molecule is Cc1ccccc1-c1noc(CC(=O)N2CCCC(CO)C2)n1. The number of piperidine rings is 1. The summed E-state index contributed by atoms with van der Waals surface area (Å²) in [6.07, 6.45) is 2.00. The lowest BCUT2D eigenvalue weighted by atomic mass is 9.99. The molecule has 1 aromatic carbocycles. The molecule has 0 saturated carbocycles. The van der Waals surface area contributed by atoms with Gasteiger partial charge < -0.3 is 14.5 Å². The molecule has 122 valence electrons. The van der Waals surface area contributed by atoms with E-state index in [2.05, 4.69) is 10.1 Å². The average molecular weight is 315 g/mol. The summed E-state index contributed by atoms with van der Waals surface area (Å²) in [5, 5.41) is 13.2. The summed E-state index contributed by atoms with van der Waals surface area (Å²) >= 11 is 0. The molecule has 1 fully saturated rings. The van der Waals surface area contributed by atoms with Crippen molar-refractivity contribution >= 4 is 5.91 Å².